The number of carbonyl (C=O) groups excluding carboxylic acids is 1. The number of hydrogen-bond acceptors (Lipinski definition) is 3. The lowest BCUT2D eigenvalue weighted by Crippen LogP contribution is -2.37. The van der Waals surface area contributed by atoms with Crippen LogP contribution in [-0.4, -0.2) is 38.3 Å². The van der Waals surface area contributed by atoms with Crippen LogP contribution in [0.3, 0.4) is 0 Å². The molecule has 1 heterocycles. The van der Waals surface area contributed by atoms with Crippen molar-refractivity contribution in [2.45, 2.75) is 36.8 Å². The van der Waals surface area contributed by atoms with Crippen molar-refractivity contribution in [1.29, 1.82) is 0 Å². The highest BCUT2D eigenvalue weighted by Crippen LogP contribution is 2.33. The summed E-state index contributed by atoms with van der Waals surface area (Å²) in [4.78, 5) is 11.1. The van der Waals surface area contributed by atoms with E-state index in [4.69, 9.17) is 0 Å². The van der Waals surface area contributed by atoms with Crippen molar-refractivity contribution in [3.8, 4) is 0 Å². The molecule has 0 spiro atoms. The Hall–Kier alpha value is -1.94. The van der Waals surface area contributed by atoms with Crippen molar-refractivity contribution in [2.24, 2.45) is 5.92 Å². The third-order valence-electron chi connectivity index (χ3n) is 4.80. The summed E-state index contributed by atoms with van der Waals surface area (Å²) < 4.78 is 78.4. The minimum atomic E-state index is -4.85. The van der Waals surface area contributed by atoms with Crippen LogP contribution in [0.4, 0.5) is 17.6 Å². The Morgan fingerprint density at radius 2 is 1.82 bits per heavy atom. The fourth-order valence-corrected chi connectivity index (χ4v) is 4.48. The highest BCUT2D eigenvalue weighted by atomic mass is 32.2. The van der Waals surface area contributed by atoms with Crippen LogP contribution in [-0.2, 0) is 21.0 Å². The molecule has 2 fully saturated rings. The first-order chi connectivity index (χ1) is 13.1. The maximum absolute atomic E-state index is 13.6. The Balaban J connectivity index is 1.67. The molecule has 1 aromatic carbocycles. The summed E-state index contributed by atoms with van der Waals surface area (Å²) in [5, 5.41) is 2.79. The van der Waals surface area contributed by atoms with E-state index in [-0.39, 0.29) is 37.9 Å². The molecule has 0 aromatic heterocycles. The number of carbonyl (C=O) groups is 1. The first kappa shape index (κ1) is 20.8. The van der Waals surface area contributed by atoms with Gasteiger partial charge >= 0.3 is 6.18 Å². The molecule has 1 saturated heterocycles. The van der Waals surface area contributed by atoms with Gasteiger partial charge in [-0.1, -0.05) is 5.57 Å². The Morgan fingerprint density at radius 1 is 1.18 bits per heavy atom. The molecule has 0 bridgehead atoms. The molecule has 28 heavy (non-hydrogen) atoms. The summed E-state index contributed by atoms with van der Waals surface area (Å²) in [6.45, 7) is 0.661. The van der Waals surface area contributed by atoms with Crippen molar-refractivity contribution >= 4 is 15.9 Å². The van der Waals surface area contributed by atoms with Gasteiger partial charge in [-0.3, -0.25) is 4.79 Å². The van der Waals surface area contributed by atoms with Crippen LogP contribution in [0.1, 0.15) is 31.2 Å². The Labute approximate surface area is 160 Å². The van der Waals surface area contributed by atoms with Crippen LogP contribution < -0.4 is 5.32 Å². The van der Waals surface area contributed by atoms with E-state index in [2.05, 4.69) is 5.32 Å². The third kappa shape index (κ3) is 5.11. The number of halogens is 4. The minimum absolute atomic E-state index is 0.0158. The van der Waals surface area contributed by atoms with Crippen LogP contribution >= 0.6 is 0 Å². The maximum atomic E-state index is 13.6. The highest BCUT2D eigenvalue weighted by molar-refractivity contribution is 7.89. The molecule has 2 aliphatic rings. The van der Waals surface area contributed by atoms with Gasteiger partial charge in [0.2, 0.25) is 15.9 Å². The minimum Gasteiger partial charge on any atom is -0.352 e. The molecular formula is C18H20F4N2O3S. The molecule has 1 aromatic rings. The normalized spacial score (nSPS) is 18.8. The molecule has 5 nitrogen and oxygen atoms in total. The number of amides is 1. The maximum Gasteiger partial charge on any atom is 0.416 e. The number of rotatable bonds is 5. The van der Waals surface area contributed by atoms with Crippen LogP contribution in [0.15, 0.2) is 34.7 Å². The highest BCUT2D eigenvalue weighted by Gasteiger charge is 2.34. The number of sulfonamides is 1. The van der Waals surface area contributed by atoms with Gasteiger partial charge in [-0.25, -0.2) is 12.8 Å². The molecule has 3 rings (SSSR count). The summed E-state index contributed by atoms with van der Waals surface area (Å²) in [6, 6.07) is 1.28. The molecule has 0 atom stereocenters. The van der Waals surface area contributed by atoms with Gasteiger partial charge in [-0.2, -0.15) is 17.5 Å². The Kier molecular flexibility index (Phi) is 5.81. The lowest BCUT2D eigenvalue weighted by Gasteiger charge is -2.28. The van der Waals surface area contributed by atoms with Gasteiger partial charge in [0.05, 0.1) is 10.5 Å². The van der Waals surface area contributed by atoms with Crippen molar-refractivity contribution in [3.63, 3.8) is 0 Å². The summed E-state index contributed by atoms with van der Waals surface area (Å²) in [5.74, 6) is -0.946. The fourth-order valence-electron chi connectivity index (χ4n) is 2.99. The molecule has 1 aliphatic carbocycles. The molecular weight excluding hydrogens is 400 g/mol. The Morgan fingerprint density at radius 3 is 2.39 bits per heavy atom. The lowest BCUT2D eigenvalue weighted by molar-refractivity contribution is -0.138. The number of nitrogens with zero attached hydrogens (tertiary/aromatic N) is 1. The first-order valence-electron chi connectivity index (χ1n) is 8.91. The lowest BCUT2D eigenvalue weighted by atomic mass is 10.1. The van der Waals surface area contributed by atoms with E-state index in [1.165, 1.54) is 6.08 Å². The molecule has 1 aliphatic heterocycles. The van der Waals surface area contributed by atoms with Crippen molar-refractivity contribution < 1.29 is 30.8 Å². The molecule has 154 valence electrons. The van der Waals surface area contributed by atoms with Crippen LogP contribution in [0.25, 0.3) is 0 Å². The van der Waals surface area contributed by atoms with Crippen molar-refractivity contribution in [2.75, 3.05) is 19.6 Å². The monoisotopic (exact) mass is 420 g/mol. The molecule has 10 heteroatoms. The number of benzene rings is 1. The van der Waals surface area contributed by atoms with Crippen LogP contribution in [0, 0.1) is 11.7 Å². The van der Waals surface area contributed by atoms with Crippen LogP contribution in [0.5, 0.6) is 0 Å². The van der Waals surface area contributed by atoms with E-state index in [1.54, 1.807) is 0 Å². The Bertz CT molecular complexity index is 883. The number of alkyl halides is 3. The largest absolute Gasteiger partial charge is 0.416 e. The van der Waals surface area contributed by atoms with Gasteiger partial charge in [0.1, 0.15) is 5.82 Å². The van der Waals surface area contributed by atoms with E-state index in [0.717, 1.165) is 22.7 Å². The summed E-state index contributed by atoms with van der Waals surface area (Å²) in [5.41, 5.74) is -0.578. The standard InChI is InChI=1S/C18H20F4N2O3S/c19-15-8-14(18(20,21)22)9-16(10-15)28(26,27)24-5-3-12(4-6-24)7-17(25)23-11-13-1-2-13/h7-10,13H,1-6,11H2,(H,23,25). The van der Waals surface area contributed by atoms with E-state index >= 15 is 0 Å². The second-order valence-corrected chi connectivity index (χ2v) is 9.01. The topological polar surface area (TPSA) is 66.5 Å². The molecule has 1 amide bonds. The molecule has 0 radical (unpaired) electrons. The van der Waals surface area contributed by atoms with Crippen molar-refractivity contribution in [1.82, 2.24) is 9.62 Å². The number of nitrogens with one attached hydrogen (secondary N) is 1. The first-order valence-corrected chi connectivity index (χ1v) is 10.3. The summed E-state index contributed by atoms with van der Waals surface area (Å²) in [6.07, 6.45) is -0.594. The van der Waals surface area contributed by atoms with Gasteiger partial charge in [-0.15, -0.1) is 0 Å². The summed E-state index contributed by atoms with van der Waals surface area (Å²) in [7, 11) is -4.27. The fraction of sp³-hybridized carbons (Fsp3) is 0.500. The van der Waals surface area contributed by atoms with E-state index in [1.807, 2.05) is 0 Å². The zero-order valence-corrected chi connectivity index (χ0v) is 15.7. The van der Waals surface area contributed by atoms with Crippen LogP contribution in [0.2, 0.25) is 0 Å². The average Bonchev–Trinajstić information content (AvgIpc) is 3.43. The van der Waals surface area contributed by atoms with Crippen molar-refractivity contribution in [3.05, 3.63) is 41.2 Å². The average molecular weight is 420 g/mol. The van der Waals surface area contributed by atoms with E-state index in [0.29, 0.717) is 24.6 Å². The zero-order valence-electron chi connectivity index (χ0n) is 14.9. The quantitative estimate of drug-likeness (QED) is 0.588. The smallest absolute Gasteiger partial charge is 0.352 e. The number of hydrogen-bond donors (Lipinski definition) is 1. The van der Waals surface area contributed by atoms with Gasteiger partial charge in [0.25, 0.3) is 0 Å². The zero-order chi connectivity index (χ0) is 20.5. The van der Waals surface area contributed by atoms with Gasteiger partial charge in [0, 0.05) is 25.7 Å². The van der Waals surface area contributed by atoms with E-state index in [9.17, 15) is 30.8 Å². The summed E-state index contributed by atoms with van der Waals surface area (Å²) >= 11 is 0. The SMILES string of the molecule is O=C(C=C1CCN(S(=O)(=O)c2cc(F)cc(C(F)(F)F)c2)CC1)NCC1CC1. The molecule has 1 saturated carbocycles. The number of piperidine rings is 1. The van der Waals surface area contributed by atoms with Gasteiger partial charge < -0.3 is 5.32 Å². The predicted molar refractivity (Wildman–Crippen MR) is 93.2 cm³/mol. The van der Waals surface area contributed by atoms with Gasteiger partial charge in [0.15, 0.2) is 0 Å². The second-order valence-electron chi connectivity index (χ2n) is 7.07. The second kappa shape index (κ2) is 7.82. The predicted octanol–water partition coefficient (Wildman–Crippen LogP) is 3.08. The van der Waals surface area contributed by atoms with E-state index < -0.39 is 32.5 Å². The third-order valence-corrected chi connectivity index (χ3v) is 6.67. The molecule has 0 unspecified atom stereocenters. The van der Waals surface area contributed by atoms with Gasteiger partial charge in [-0.05, 0) is 49.8 Å². The molecule has 1 N–H and O–H groups in total.